The summed E-state index contributed by atoms with van der Waals surface area (Å²) in [6.07, 6.45) is 0.976. The van der Waals surface area contributed by atoms with Crippen molar-refractivity contribution in [2.45, 2.75) is 19.8 Å². The Balaban J connectivity index is 3.36. The quantitative estimate of drug-likeness (QED) is 0.443. The number of rotatable bonds is 2. The second-order valence-corrected chi connectivity index (χ2v) is 3.29. The summed E-state index contributed by atoms with van der Waals surface area (Å²) in [5.41, 5.74) is 0.615. The van der Waals surface area contributed by atoms with Crippen LogP contribution in [-0.2, 0) is 0 Å². The van der Waals surface area contributed by atoms with Crippen molar-refractivity contribution in [3.63, 3.8) is 0 Å². The molecule has 4 heteroatoms. The molecule has 0 bridgehead atoms. The first-order chi connectivity index (χ1) is 6.56. The molecule has 0 atom stereocenters. The summed E-state index contributed by atoms with van der Waals surface area (Å²) in [7, 11) is 0. The van der Waals surface area contributed by atoms with Gasteiger partial charge in [0.25, 0.3) is 0 Å². The van der Waals surface area contributed by atoms with Gasteiger partial charge in [-0.2, -0.15) is 0 Å². The molecule has 1 aromatic carbocycles. The van der Waals surface area contributed by atoms with Gasteiger partial charge in [0.15, 0.2) is 0 Å². The molecule has 2 nitrogen and oxygen atoms in total. The van der Waals surface area contributed by atoms with Crippen molar-refractivity contribution in [3.8, 4) is 0 Å². The number of nitrogens with zero attached hydrogens (tertiary/aromatic N) is 1. The van der Waals surface area contributed by atoms with Gasteiger partial charge in [-0.1, -0.05) is 19.0 Å². The van der Waals surface area contributed by atoms with E-state index in [9.17, 15) is 8.78 Å². The minimum Gasteiger partial charge on any atom is -0.411 e. The summed E-state index contributed by atoms with van der Waals surface area (Å²) in [6, 6.07) is 2.01. The molecule has 0 amide bonds. The molecule has 76 valence electrons. The zero-order chi connectivity index (χ0) is 10.7. The Labute approximate surface area is 80.9 Å². The summed E-state index contributed by atoms with van der Waals surface area (Å²) >= 11 is 0. The van der Waals surface area contributed by atoms with Crippen molar-refractivity contribution >= 4 is 6.21 Å². The average Bonchev–Trinajstić information content (AvgIpc) is 2.09. The zero-order valence-electron chi connectivity index (χ0n) is 7.96. The number of benzene rings is 1. The maximum Gasteiger partial charge on any atom is 0.135 e. The van der Waals surface area contributed by atoms with Crippen LogP contribution in [0.25, 0.3) is 0 Å². The SMILES string of the molecule is CC(C)c1cc(F)cc(F)c1C=NO. The Morgan fingerprint density at radius 1 is 1.36 bits per heavy atom. The molecule has 14 heavy (non-hydrogen) atoms. The second-order valence-electron chi connectivity index (χ2n) is 3.29. The van der Waals surface area contributed by atoms with Crippen LogP contribution >= 0.6 is 0 Å². The van der Waals surface area contributed by atoms with Crippen LogP contribution in [0.3, 0.4) is 0 Å². The van der Waals surface area contributed by atoms with Crippen LogP contribution in [0.4, 0.5) is 8.78 Å². The van der Waals surface area contributed by atoms with Gasteiger partial charge >= 0.3 is 0 Å². The van der Waals surface area contributed by atoms with E-state index >= 15 is 0 Å². The molecule has 0 saturated heterocycles. The van der Waals surface area contributed by atoms with Crippen LogP contribution in [0.15, 0.2) is 17.3 Å². The fraction of sp³-hybridized carbons (Fsp3) is 0.300. The van der Waals surface area contributed by atoms with Gasteiger partial charge in [-0.05, 0) is 17.5 Å². The molecule has 0 heterocycles. The third kappa shape index (κ3) is 2.07. The molecule has 1 aromatic rings. The summed E-state index contributed by atoms with van der Waals surface area (Å²) in [4.78, 5) is 0. The van der Waals surface area contributed by atoms with E-state index < -0.39 is 11.6 Å². The number of halogens is 2. The summed E-state index contributed by atoms with van der Waals surface area (Å²) in [6.45, 7) is 3.62. The van der Waals surface area contributed by atoms with Crippen LogP contribution in [0, 0.1) is 11.6 Å². The van der Waals surface area contributed by atoms with E-state index in [-0.39, 0.29) is 11.5 Å². The molecular formula is C10H11F2NO. The minimum absolute atomic E-state index is 0.0341. The van der Waals surface area contributed by atoms with Gasteiger partial charge in [-0.15, -0.1) is 0 Å². The lowest BCUT2D eigenvalue weighted by atomic mass is 9.97. The molecule has 0 fully saturated rings. The van der Waals surface area contributed by atoms with E-state index in [0.29, 0.717) is 5.56 Å². The number of oxime groups is 1. The smallest absolute Gasteiger partial charge is 0.135 e. The summed E-state index contributed by atoms with van der Waals surface area (Å²) < 4.78 is 26.1. The maximum absolute atomic E-state index is 13.2. The topological polar surface area (TPSA) is 32.6 Å². The Morgan fingerprint density at radius 3 is 2.50 bits per heavy atom. The van der Waals surface area contributed by atoms with Crippen molar-refractivity contribution in [1.29, 1.82) is 0 Å². The Hall–Kier alpha value is -1.45. The lowest BCUT2D eigenvalue weighted by Gasteiger charge is -2.09. The highest BCUT2D eigenvalue weighted by Crippen LogP contribution is 2.22. The van der Waals surface area contributed by atoms with Crippen molar-refractivity contribution in [2.75, 3.05) is 0 Å². The first-order valence-corrected chi connectivity index (χ1v) is 4.22. The van der Waals surface area contributed by atoms with E-state index in [2.05, 4.69) is 5.16 Å². The fourth-order valence-electron chi connectivity index (χ4n) is 1.28. The van der Waals surface area contributed by atoms with Crippen molar-refractivity contribution < 1.29 is 14.0 Å². The second kappa shape index (κ2) is 4.17. The average molecular weight is 199 g/mol. The highest BCUT2D eigenvalue weighted by Gasteiger charge is 2.12. The largest absolute Gasteiger partial charge is 0.411 e. The Bertz CT molecular complexity index is 361. The van der Waals surface area contributed by atoms with Crippen molar-refractivity contribution in [1.82, 2.24) is 0 Å². The van der Waals surface area contributed by atoms with Crippen LogP contribution in [0.5, 0.6) is 0 Å². The third-order valence-electron chi connectivity index (χ3n) is 1.94. The van der Waals surface area contributed by atoms with Gasteiger partial charge in [0, 0.05) is 11.6 Å². The molecule has 0 aliphatic rings. The molecule has 0 radical (unpaired) electrons. The van der Waals surface area contributed by atoms with Crippen LogP contribution in [-0.4, -0.2) is 11.4 Å². The van der Waals surface area contributed by atoms with Gasteiger partial charge in [-0.3, -0.25) is 0 Å². The highest BCUT2D eigenvalue weighted by molar-refractivity contribution is 5.81. The lowest BCUT2D eigenvalue weighted by Crippen LogP contribution is -2.00. The van der Waals surface area contributed by atoms with Crippen LogP contribution < -0.4 is 0 Å². The molecule has 0 saturated carbocycles. The number of hydrogen-bond donors (Lipinski definition) is 1. The van der Waals surface area contributed by atoms with E-state index in [1.54, 1.807) is 0 Å². The summed E-state index contributed by atoms with van der Waals surface area (Å²) in [5.74, 6) is -1.37. The molecule has 0 aromatic heterocycles. The zero-order valence-corrected chi connectivity index (χ0v) is 7.96. The minimum atomic E-state index is -0.716. The van der Waals surface area contributed by atoms with Gasteiger partial charge in [-0.25, -0.2) is 8.78 Å². The van der Waals surface area contributed by atoms with Gasteiger partial charge in [0.2, 0.25) is 0 Å². The Morgan fingerprint density at radius 2 is 2.00 bits per heavy atom. The van der Waals surface area contributed by atoms with Crippen molar-refractivity contribution in [3.05, 3.63) is 34.9 Å². The van der Waals surface area contributed by atoms with Crippen LogP contribution in [0.1, 0.15) is 30.9 Å². The summed E-state index contributed by atoms with van der Waals surface area (Å²) in [5, 5.41) is 11.1. The van der Waals surface area contributed by atoms with E-state index in [1.165, 1.54) is 6.07 Å². The van der Waals surface area contributed by atoms with E-state index in [0.717, 1.165) is 12.3 Å². The normalized spacial score (nSPS) is 11.5. The van der Waals surface area contributed by atoms with Gasteiger partial charge in [0.1, 0.15) is 11.6 Å². The molecular weight excluding hydrogens is 188 g/mol. The first-order valence-electron chi connectivity index (χ1n) is 4.22. The predicted molar refractivity (Wildman–Crippen MR) is 49.8 cm³/mol. The molecule has 0 aliphatic carbocycles. The molecule has 0 aliphatic heterocycles. The molecule has 1 N–H and O–H groups in total. The van der Waals surface area contributed by atoms with E-state index in [4.69, 9.17) is 5.21 Å². The van der Waals surface area contributed by atoms with Crippen LogP contribution in [0.2, 0.25) is 0 Å². The standard InChI is InChI=1S/C10H11F2NO/c1-6(2)8-3-7(11)4-10(12)9(8)5-13-14/h3-6,14H,1-2H3. The molecule has 0 unspecified atom stereocenters. The fourth-order valence-corrected chi connectivity index (χ4v) is 1.28. The molecule has 0 spiro atoms. The van der Waals surface area contributed by atoms with Gasteiger partial charge in [0.05, 0.1) is 6.21 Å². The van der Waals surface area contributed by atoms with E-state index in [1.807, 2.05) is 13.8 Å². The molecule has 1 rings (SSSR count). The highest BCUT2D eigenvalue weighted by atomic mass is 19.1. The van der Waals surface area contributed by atoms with Gasteiger partial charge < -0.3 is 5.21 Å². The predicted octanol–water partition coefficient (Wildman–Crippen LogP) is 2.90. The third-order valence-corrected chi connectivity index (χ3v) is 1.94. The monoisotopic (exact) mass is 199 g/mol. The number of hydrogen-bond acceptors (Lipinski definition) is 2. The maximum atomic E-state index is 13.2. The van der Waals surface area contributed by atoms with Crippen molar-refractivity contribution in [2.24, 2.45) is 5.16 Å². The Kier molecular flexibility index (Phi) is 3.17. The lowest BCUT2D eigenvalue weighted by molar-refractivity contribution is 0.321. The first kappa shape index (κ1) is 10.6.